The molecule has 0 aromatic heterocycles. The van der Waals surface area contributed by atoms with Crippen molar-refractivity contribution in [3.8, 4) is 11.5 Å². The first-order chi connectivity index (χ1) is 9.19. The van der Waals surface area contributed by atoms with Crippen LogP contribution in [0.25, 0.3) is 0 Å². The molecule has 2 unspecified atom stereocenters. The second kappa shape index (κ2) is 6.78. The fourth-order valence-electron chi connectivity index (χ4n) is 2.26. The Labute approximate surface area is 114 Å². The highest BCUT2D eigenvalue weighted by atomic mass is 16.5. The van der Waals surface area contributed by atoms with Crippen LogP contribution in [0.15, 0.2) is 18.2 Å². The Balaban J connectivity index is 2.06. The zero-order chi connectivity index (χ0) is 13.7. The van der Waals surface area contributed by atoms with E-state index in [1.54, 1.807) is 14.0 Å². The number of aliphatic hydroxyl groups is 1. The number of methoxy groups -OCH3 is 1. The summed E-state index contributed by atoms with van der Waals surface area (Å²) in [5, 5.41) is 9.41. The van der Waals surface area contributed by atoms with Gasteiger partial charge in [0.2, 0.25) is 0 Å². The lowest BCUT2D eigenvalue weighted by molar-refractivity contribution is 0.00643. The molecule has 1 aliphatic rings. The molecule has 0 amide bonds. The Hall–Kier alpha value is -1.26. The van der Waals surface area contributed by atoms with Crippen molar-refractivity contribution in [2.45, 2.75) is 38.4 Å². The summed E-state index contributed by atoms with van der Waals surface area (Å²) in [6.07, 6.45) is 2.41. The molecule has 1 N–H and O–H groups in total. The Morgan fingerprint density at radius 1 is 1.42 bits per heavy atom. The SMILES string of the molecule is COc1cc(CC(C)O)ccc1OC1CCCOC1. The van der Waals surface area contributed by atoms with E-state index in [0.29, 0.717) is 18.8 Å². The van der Waals surface area contributed by atoms with Gasteiger partial charge in [-0.1, -0.05) is 6.07 Å². The summed E-state index contributed by atoms with van der Waals surface area (Å²) in [4.78, 5) is 0. The number of hydrogen-bond acceptors (Lipinski definition) is 4. The van der Waals surface area contributed by atoms with Crippen molar-refractivity contribution in [2.24, 2.45) is 0 Å². The summed E-state index contributed by atoms with van der Waals surface area (Å²) in [5.74, 6) is 1.45. The molecule has 4 heteroatoms. The minimum atomic E-state index is -0.358. The van der Waals surface area contributed by atoms with Gasteiger partial charge in [-0.25, -0.2) is 0 Å². The maximum atomic E-state index is 9.41. The van der Waals surface area contributed by atoms with Gasteiger partial charge in [0.05, 0.1) is 19.8 Å². The Bertz CT molecular complexity index is 397. The standard InChI is InChI=1S/C15H22O4/c1-11(16)8-12-5-6-14(15(9-12)17-2)19-13-4-3-7-18-10-13/h5-6,9,11,13,16H,3-4,7-8,10H2,1-2H3. The van der Waals surface area contributed by atoms with Crippen LogP contribution in [0.4, 0.5) is 0 Å². The van der Waals surface area contributed by atoms with Crippen molar-refractivity contribution >= 4 is 0 Å². The predicted octanol–water partition coefficient (Wildman–Crippen LogP) is 2.18. The summed E-state index contributed by atoms with van der Waals surface area (Å²) in [5.41, 5.74) is 1.04. The van der Waals surface area contributed by atoms with E-state index in [2.05, 4.69) is 0 Å². The van der Waals surface area contributed by atoms with E-state index in [4.69, 9.17) is 14.2 Å². The molecule has 2 atom stereocenters. The van der Waals surface area contributed by atoms with E-state index < -0.39 is 0 Å². The van der Waals surface area contributed by atoms with Gasteiger partial charge >= 0.3 is 0 Å². The molecule has 0 bridgehead atoms. The van der Waals surface area contributed by atoms with E-state index in [0.717, 1.165) is 30.8 Å². The van der Waals surface area contributed by atoms with Crippen molar-refractivity contribution < 1.29 is 19.3 Å². The zero-order valence-corrected chi connectivity index (χ0v) is 11.6. The van der Waals surface area contributed by atoms with Gasteiger partial charge in [0.1, 0.15) is 6.10 Å². The first-order valence-electron chi connectivity index (χ1n) is 6.78. The van der Waals surface area contributed by atoms with Crippen molar-refractivity contribution in [1.82, 2.24) is 0 Å². The lowest BCUT2D eigenvalue weighted by Crippen LogP contribution is -2.28. The Morgan fingerprint density at radius 2 is 2.26 bits per heavy atom. The van der Waals surface area contributed by atoms with Crippen LogP contribution in [0, 0.1) is 0 Å². The quantitative estimate of drug-likeness (QED) is 0.887. The molecule has 1 saturated heterocycles. The maximum absolute atomic E-state index is 9.41. The maximum Gasteiger partial charge on any atom is 0.161 e. The monoisotopic (exact) mass is 266 g/mol. The van der Waals surface area contributed by atoms with Gasteiger partial charge in [-0.05, 0) is 43.9 Å². The largest absolute Gasteiger partial charge is 0.493 e. The Kier molecular flexibility index (Phi) is 5.05. The van der Waals surface area contributed by atoms with Crippen LogP contribution in [-0.4, -0.2) is 37.6 Å². The van der Waals surface area contributed by atoms with Gasteiger partial charge in [-0.15, -0.1) is 0 Å². The molecule has 1 heterocycles. The predicted molar refractivity (Wildman–Crippen MR) is 72.8 cm³/mol. The average molecular weight is 266 g/mol. The number of benzene rings is 1. The van der Waals surface area contributed by atoms with E-state index in [9.17, 15) is 5.11 Å². The van der Waals surface area contributed by atoms with Gasteiger partial charge in [0.25, 0.3) is 0 Å². The molecular weight excluding hydrogens is 244 g/mol. The Morgan fingerprint density at radius 3 is 2.89 bits per heavy atom. The molecule has 0 radical (unpaired) electrons. The molecule has 1 aromatic rings. The van der Waals surface area contributed by atoms with Crippen LogP contribution in [0.5, 0.6) is 11.5 Å². The minimum Gasteiger partial charge on any atom is -0.493 e. The third-order valence-electron chi connectivity index (χ3n) is 3.17. The van der Waals surface area contributed by atoms with Gasteiger partial charge < -0.3 is 19.3 Å². The van der Waals surface area contributed by atoms with Gasteiger partial charge in [0.15, 0.2) is 11.5 Å². The number of hydrogen-bond donors (Lipinski definition) is 1. The normalized spacial score (nSPS) is 20.9. The third-order valence-corrected chi connectivity index (χ3v) is 3.17. The smallest absolute Gasteiger partial charge is 0.161 e. The molecular formula is C15H22O4. The number of ether oxygens (including phenoxy) is 3. The fourth-order valence-corrected chi connectivity index (χ4v) is 2.26. The van der Waals surface area contributed by atoms with Gasteiger partial charge in [-0.2, -0.15) is 0 Å². The zero-order valence-electron chi connectivity index (χ0n) is 11.6. The second-order valence-corrected chi connectivity index (χ2v) is 5.00. The molecule has 0 spiro atoms. The van der Waals surface area contributed by atoms with Gasteiger partial charge in [-0.3, -0.25) is 0 Å². The molecule has 106 valence electrons. The highest BCUT2D eigenvalue weighted by Crippen LogP contribution is 2.30. The summed E-state index contributed by atoms with van der Waals surface area (Å²) in [7, 11) is 1.63. The summed E-state index contributed by atoms with van der Waals surface area (Å²) >= 11 is 0. The van der Waals surface area contributed by atoms with Crippen LogP contribution >= 0.6 is 0 Å². The van der Waals surface area contributed by atoms with Crippen LogP contribution in [0.3, 0.4) is 0 Å². The van der Waals surface area contributed by atoms with Crippen LogP contribution in [-0.2, 0) is 11.2 Å². The van der Waals surface area contributed by atoms with Crippen molar-refractivity contribution in [2.75, 3.05) is 20.3 Å². The highest BCUT2D eigenvalue weighted by Gasteiger charge is 2.17. The van der Waals surface area contributed by atoms with Crippen molar-refractivity contribution in [3.63, 3.8) is 0 Å². The third kappa shape index (κ3) is 4.11. The molecule has 1 aliphatic heterocycles. The molecule has 0 saturated carbocycles. The first kappa shape index (κ1) is 14.2. The fraction of sp³-hybridized carbons (Fsp3) is 0.600. The molecule has 1 fully saturated rings. The second-order valence-electron chi connectivity index (χ2n) is 5.00. The van der Waals surface area contributed by atoms with E-state index in [1.165, 1.54) is 0 Å². The number of rotatable bonds is 5. The molecule has 4 nitrogen and oxygen atoms in total. The van der Waals surface area contributed by atoms with Crippen LogP contribution in [0.2, 0.25) is 0 Å². The van der Waals surface area contributed by atoms with Crippen molar-refractivity contribution in [1.29, 1.82) is 0 Å². The lowest BCUT2D eigenvalue weighted by Gasteiger charge is -2.24. The first-order valence-corrected chi connectivity index (χ1v) is 6.78. The van der Waals surface area contributed by atoms with Gasteiger partial charge in [0, 0.05) is 6.61 Å². The van der Waals surface area contributed by atoms with Crippen molar-refractivity contribution in [3.05, 3.63) is 23.8 Å². The number of aliphatic hydroxyl groups excluding tert-OH is 1. The minimum absolute atomic E-state index is 0.102. The van der Waals surface area contributed by atoms with Crippen LogP contribution in [0.1, 0.15) is 25.3 Å². The summed E-state index contributed by atoms with van der Waals surface area (Å²) in [6, 6.07) is 5.80. The summed E-state index contributed by atoms with van der Waals surface area (Å²) < 4.78 is 16.7. The average Bonchev–Trinajstić information content (AvgIpc) is 2.41. The molecule has 19 heavy (non-hydrogen) atoms. The van der Waals surface area contributed by atoms with E-state index >= 15 is 0 Å². The van der Waals surface area contributed by atoms with E-state index in [1.807, 2.05) is 18.2 Å². The molecule has 1 aromatic carbocycles. The molecule has 2 rings (SSSR count). The van der Waals surface area contributed by atoms with E-state index in [-0.39, 0.29) is 12.2 Å². The van der Waals surface area contributed by atoms with Crippen LogP contribution < -0.4 is 9.47 Å². The summed E-state index contributed by atoms with van der Waals surface area (Å²) in [6.45, 7) is 3.24. The molecule has 0 aliphatic carbocycles. The lowest BCUT2D eigenvalue weighted by atomic mass is 10.1. The highest BCUT2D eigenvalue weighted by molar-refractivity contribution is 5.43. The topological polar surface area (TPSA) is 47.9 Å².